The molecule has 0 fully saturated rings. The fourth-order valence-corrected chi connectivity index (χ4v) is 3.66. The molecular formula is C23H23N4O6P. The van der Waals surface area contributed by atoms with Crippen LogP contribution < -0.4 is 10.5 Å². The zero-order chi connectivity index (χ0) is 24.0. The molecule has 1 aliphatic carbocycles. The monoisotopic (exact) mass is 482 g/mol. The lowest BCUT2D eigenvalue weighted by Crippen LogP contribution is -2.09. The number of phosphoric acid groups is 1. The van der Waals surface area contributed by atoms with Crippen molar-refractivity contribution in [1.29, 1.82) is 0 Å². The molecule has 176 valence electrons. The third-order valence-corrected chi connectivity index (χ3v) is 5.43. The minimum Gasteiger partial charge on any atom is -0.438 e. The first kappa shape index (κ1) is 23.6. The maximum atomic E-state index is 10.9. The predicted molar refractivity (Wildman–Crippen MR) is 123 cm³/mol. The maximum Gasteiger partial charge on any atom is 0.469 e. The highest BCUT2D eigenvalue weighted by Crippen LogP contribution is 2.37. The SMILES string of the molecule is NC1=CCC(COP(=O)(O)O)/C=C/C=C1c1cc(Cc2ccc(Oc3cnccn3)cc2)no1. The number of hydrogen-bond donors (Lipinski definition) is 3. The van der Waals surface area contributed by atoms with Crippen molar-refractivity contribution >= 4 is 13.4 Å². The lowest BCUT2D eigenvalue weighted by Gasteiger charge is -2.14. The zero-order valence-corrected chi connectivity index (χ0v) is 18.9. The van der Waals surface area contributed by atoms with E-state index in [1.807, 2.05) is 30.3 Å². The molecule has 0 spiro atoms. The molecule has 0 aliphatic heterocycles. The van der Waals surface area contributed by atoms with E-state index in [0.29, 0.717) is 41.5 Å². The second-order valence-corrected chi connectivity index (χ2v) is 8.80. The Kier molecular flexibility index (Phi) is 7.34. The molecule has 1 atom stereocenters. The number of nitrogens with two attached hydrogens (primary N) is 1. The minimum absolute atomic E-state index is 0.108. The van der Waals surface area contributed by atoms with Crippen molar-refractivity contribution in [3.8, 4) is 11.6 Å². The van der Waals surface area contributed by atoms with Crippen LogP contribution in [0.2, 0.25) is 0 Å². The summed E-state index contributed by atoms with van der Waals surface area (Å²) in [5.41, 5.74) is 9.15. The minimum atomic E-state index is -4.51. The standard InChI is InChI=1S/C23H23N4O6P/c24-21-9-6-17(15-31-34(28,29)30)2-1-3-20(21)22-13-18(27-33-22)12-16-4-7-19(8-5-16)32-23-14-25-10-11-26-23/h1-5,7-11,13-14,17H,6,12,15,24H2,(H2,28,29,30)/b2-1+,20-3?,21-9?. The van der Waals surface area contributed by atoms with Gasteiger partial charge < -0.3 is 24.8 Å². The smallest absolute Gasteiger partial charge is 0.438 e. The highest BCUT2D eigenvalue weighted by Gasteiger charge is 2.18. The van der Waals surface area contributed by atoms with Crippen molar-refractivity contribution < 1.29 is 28.1 Å². The molecule has 0 amide bonds. The van der Waals surface area contributed by atoms with E-state index in [2.05, 4.69) is 19.6 Å². The van der Waals surface area contributed by atoms with Gasteiger partial charge in [0.15, 0.2) is 5.76 Å². The van der Waals surface area contributed by atoms with Gasteiger partial charge in [-0.1, -0.05) is 35.5 Å². The van der Waals surface area contributed by atoms with E-state index in [0.717, 1.165) is 11.3 Å². The largest absolute Gasteiger partial charge is 0.469 e. The number of aromatic nitrogens is 3. The molecule has 2 aromatic heterocycles. The van der Waals surface area contributed by atoms with E-state index in [1.165, 1.54) is 0 Å². The van der Waals surface area contributed by atoms with Gasteiger partial charge in [0.1, 0.15) is 5.75 Å². The van der Waals surface area contributed by atoms with E-state index < -0.39 is 7.82 Å². The first-order valence-corrected chi connectivity index (χ1v) is 11.9. The van der Waals surface area contributed by atoms with Crippen LogP contribution in [0.5, 0.6) is 11.6 Å². The van der Waals surface area contributed by atoms with Crippen LogP contribution in [0.3, 0.4) is 0 Å². The van der Waals surface area contributed by atoms with Crippen LogP contribution in [-0.2, 0) is 15.5 Å². The molecule has 3 aromatic rings. The molecular weight excluding hydrogens is 459 g/mol. The van der Waals surface area contributed by atoms with E-state index >= 15 is 0 Å². The lowest BCUT2D eigenvalue weighted by molar-refractivity contribution is 0.180. The van der Waals surface area contributed by atoms with E-state index in [9.17, 15) is 4.57 Å². The van der Waals surface area contributed by atoms with Gasteiger partial charge in [0.2, 0.25) is 5.88 Å². The van der Waals surface area contributed by atoms with Crippen LogP contribution in [0.4, 0.5) is 0 Å². The second-order valence-electron chi connectivity index (χ2n) is 7.56. The summed E-state index contributed by atoms with van der Waals surface area (Å²) in [6.07, 6.45) is 12.8. The van der Waals surface area contributed by atoms with E-state index in [4.69, 9.17) is 24.8 Å². The average Bonchev–Trinajstić information content (AvgIpc) is 3.25. The third kappa shape index (κ3) is 6.72. The van der Waals surface area contributed by atoms with Crippen molar-refractivity contribution in [2.45, 2.75) is 12.8 Å². The molecule has 0 saturated heterocycles. The van der Waals surface area contributed by atoms with Gasteiger partial charge in [0.25, 0.3) is 0 Å². The first-order chi connectivity index (χ1) is 16.4. The molecule has 4 rings (SSSR count). The van der Waals surface area contributed by atoms with Crippen molar-refractivity contribution in [3.63, 3.8) is 0 Å². The van der Waals surface area contributed by atoms with Crippen LogP contribution in [0, 0.1) is 5.92 Å². The summed E-state index contributed by atoms with van der Waals surface area (Å²) in [6.45, 7) is -0.108. The summed E-state index contributed by atoms with van der Waals surface area (Å²) in [6, 6.07) is 9.40. The Morgan fingerprint density at radius 2 is 2.03 bits per heavy atom. The van der Waals surface area contributed by atoms with Gasteiger partial charge in [-0.15, -0.1) is 0 Å². The topological polar surface area (TPSA) is 154 Å². The Morgan fingerprint density at radius 3 is 2.76 bits per heavy atom. The molecule has 10 nitrogen and oxygen atoms in total. The highest BCUT2D eigenvalue weighted by atomic mass is 31.2. The fourth-order valence-electron chi connectivity index (χ4n) is 3.28. The number of phosphoric ester groups is 1. The molecule has 34 heavy (non-hydrogen) atoms. The summed E-state index contributed by atoms with van der Waals surface area (Å²) in [5, 5.41) is 4.16. The second kappa shape index (κ2) is 10.6. The normalized spacial score (nSPS) is 17.3. The quantitative estimate of drug-likeness (QED) is 0.404. The fraction of sp³-hybridized carbons (Fsp3) is 0.174. The molecule has 11 heteroatoms. The number of nitrogens with zero attached hydrogens (tertiary/aromatic N) is 3. The number of rotatable bonds is 8. The third-order valence-electron chi connectivity index (χ3n) is 4.95. The molecule has 1 unspecified atom stereocenters. The summed E-state index contributed by atoms with van der Waals surface area (Å²) < 4.78 is 26.7. The Balaban J connectivity index is 1.40. The van der Waals surface area contributed by atoms with Crippen molar-refractivity contribution in [2.75, 3.05) is 6.61 Å². The summed E-state index contributed by atoms with van der Waals surface area (Å²) in [7, 11) is -4.51. The zero-order valence-electron chi connectivity index (χ0n) is 18.0. The molecule has 2 heterocycles. The van der Waals surface area contributed by atoms with Gasteiger partial charge >= 0.3 is 7.82 Å². The summed E-state index contributed by atoms with van der Waals surface area (Å²) >= 11 is 0. The molecule has 1 aliphatic rings. The highest BCUT2D eigenvalue weighted by molar-refractivity contribution is 7.46. The van der Waals surface area contributed by atoms with Crippen LogP contribution in [-0.4, -0.2) is 31.5 Å². The van der Waals surface area contributed by atoms with Gasteiger partial charge in [0.05, 0.1) is 18.5 Å². The first-order valence-electron chi connectivity index (χ1n) is 10.4. The molecule has 1 aromatic carbocycles. The molecule has 4 N–H and O–H groups in total. The van der Waals surface area contributed by atoms with Gasteiger partial charge in [-0.05, 0) is 30.2 Å². The number of hydrogen-bond acceptors (Lipinski definition) is 8. The van der Waals surface area contributed by atoms with E-state index in [1.54, 1.807) is 42.9 Å². The van der Waals surface area contributed by atoms with Gasteiger partial charge in [-0.25, -0.2) is 9.55 Å². The average molecular weight is 482 g/mol. The molecule has 0 radical (unpaired) electrons. The lowest BCUT2D eigenvalue weighted by atomic mass is 9.99. The van der Waals surface area contributed by atoms with Crippen LogP contribution in [0.25, 0.3) is 5.57 Å². The van der Waals surface area contributed by atoms with Crippen LogP contribution in [0.15, 0.2) is 83.4 Å². The Hall–Kier alpha value is -3.56. The van der Waals surface area contributed by atoms with Crippen molar-refractivity contribution in [2.24, 2.45) is 11.7 Å². The van der Waals surface area contributed by atoms with Gasteiger partial charge in [-0.2, -0.15) is 0 Å². The maximum absolute atomic E-state index is 10.9. The predicted octanol–water partition coefficient (Wildman–Crippen LogP) is 3.76. The van der Waals surface area contributed by atoms with Gasteiger partial charge in [-0.3, -0.25) is 9.51 Å². The van der Waals surface area contributed by atoms with Crippen molar-refractivity contribution in [1.82, 2.24) is 15.1 Å². The van der Waals surface area contributed by atoms with Crippen molar-refractivity contribution in [3.05, 3.63) is 95.9 Å². The Labute approximate surface area is 195 Å². The molecule has 0 saturated carbocycles. The van der Waals surface area contributed by atoms with Crippen LogP contribution in [0.1, 0.15) is 23.4 Å². The Morgan fingerprint density at radius 1 is 1.21 bits per heavy atom. The summed E-state index contributed by atoms with van der Waals surface area (Å²) in [5.74, 6) is 1.39. The molecule has 0 bridgehead atoms. The summed E-state index contributed by atoms with van der Waals surface area (Å²) in [4.78, 5) is 25.8. The number of ether oxygens (including phenoxy) is 1. The number of benzene rings is 1. The van der Waals surface area contributed by atoms with Crippen LogP contribution >= 0.6 is 7.82 Å². The number of allylic oxidation sites excluding steroid dienone is 4. The van der Waals surface area contributed by atoms with Gasteiger partial charge in [0, 0.05) is 42.1 Å². The van der Waals surface area contributed by atoms with E-state index in [-0.39, 0.29) is 12.5 Å². The Bertz CT molecular complexity index is 1250.